The van der Waals surface area contributed by atoms with E-state index in [4.69, 9.17) is 4.74 Å². The largest absolute Gasteiger partial charge is 0.494 e. The SMILES string of the molecule is CCOc1cc(S(C)(=O)=O)c(C2CC2)cc1CN1CCC2(CC1)CN(c1ccc(S(=O)(=O)O)cc1)C(=O)N2. The molecule has 2 aromatic rings. The van der Waals surface area contributed by atoms with Crippen LogP contribution >= 0.6 is 0 Å². The second-order valence-corrected chi connectivity index (χ2v) is 13.9. The van der Waals surface area contributed by atoms with Crippen molar-refractivity contribution in [1.82, 2.24) is 10.2 Å². The highest BCUT2D eigenvalue weighted by molar-refractivity contribution is 7.90. The molecule has 0 unspecified atom stereocenters. The van der Waals surface area contributed by atoms with Crippen molar-refractivity contribution in [2.24, 2.45) is 0 Å². The molecule has 1 aliphatic carbocycles. The predicted molar refractivity (Wildman–Crippen MR) is 142 cm³/mol. The number of likely N-dealkylation sites (tertiary alicyclic amines) is 1. The molecule has 1 spiro atoms. The lowest BCUT2D eigenvalue weighted by molar-refractivity contribution is 0.149. The summed E-state index contributed by atoms with van der Waals surface area (Å²) < 4.78 is 62.7. The van der Waals surface area contributed by atoms with E-state index in [1.165, 1.54) is 30.5 Å². The molecule has 0 radical (unpaired) electrons. The number of nitrogens with one attached hydrogen (secondary N) is 1. The lowest BCUT2D eigenvalue weighted by Gasteiger charge is -2.39. The van der Waals surface area contributed by atoms with E-state index in [0.717, 1.165) is 49.9 Å². The molecule has 2 aliphatic heterocycles. The summed E-state index contributed by atoms with van der Waals surface area (Å²) in [6.07, 6.45) is 4.71. The molecule has 2 N–H and O–H groups in total. The van der Waals surface area contributed by atoms with Gasteiger partial charge in [0.05, 0.1) is 28.5 Å². The van der Waals surface area contributed by atoms with Crippen LogP contribution in [-0.2, 0) is 26.5 Å². The molecule has 2 aromatic carbocycles. The standard InChI is InChI=1S/C26H33N3O7S2/c1-3-36-23-15-24(37(2,31)32)22(18-4-5-18)14-19(23)16-28-12-10-26(11-13-28)17-29(25(30)27-26)20-6-8-21(9-7-20)38(33,34)35/h6-9,14-15,18H,3-5,10-13,16-17H2,1-2H3,(H,27,30)(H,33,34,35). The first kappa shape index (κ1) is 26.9. The molecule has 2 amide bonds. The molecule has 10 nitrogen and oxygen atoms in total. The number of anilines is 1. The van der Waals surface area contributed by atoms with E-state index >= 15 is 0 Å². The Labute approximate surface area is 223 Å². The van der Waals surface area contributed by atoms with Gasteiger partial charge in [-0.3, -0.25) is 14.4 Å². The van der Waals surface area contributed by atoms with Crippen LogP contribution in [0.2, 0.25) is 0 Å². The van der Waals surface area contributed by atoms with E-state index in [1.807, 2.05) is 13.0 Å². The van der Waals surface area contributed by atoms with Crippen LogP contribution in [0.15, 0.2) is 46.2 Å². The van der Waals surface area contributed by atoms with Gasteiger partial charge in [0.15, 0.2) is 9.84 Å². The highest BCUT2D eigenvalue weighted by Gasteiger charge is 2.45. The number of urea groups is 1. The molecule has 2 heterocycles. The second kappa shape index (κ2) is 9.82. The number of sulfone groups is 1. The van der Waals surface area contributed by atoms with Crippen LogP contribution in [0.25, 0.3) is 0 Å². The second-order valence-electron chi connectivity index (χ2n) is 10.5. The summed E-state index contributed by atoms with van der Waals surface area (Å²) >= 11 is 0. The number of hydrogen-bond acceptors (Lipinski definition) is 7. The van der Waals surface area contributed by atoms with E-state index in [9.17, 15) is 26.2 Å². The summed E-state index contributed by atoms with van der Waals surface area (Å²) in [6, 6.07) is 9.07. The third-order valence-electron chi connectivity index (χ3n) is 7.64. The van der Waals surface area contributed by atoms with Gasteiger partial charge >= 0.3 is 6.03 Å². The number of benzene rings is 2. The Hall–Kier alpha value is -2.67. The molecule has 0 atom stereocenters. The van der Waals surface area contributed by atoms with Gasteiger partial charge in [-0.1, -0.05) is 0 Å². The van der Waals surface area contributed by atoms with Crippen LogP contribution < -0.4 is 15.0 Å². The van der Waals surface area contributed by atoms with E-state index in [-0.39, 0.29) is 16.8 Å². The molecular weight excluding hydrogens is 530 g/mol. The Balaban J connectivity index is 1.29. The van der Waals surface area contributed by atoms with Crippen molar-refractivity contribution in [2.75, 3.05) is 37.4 Å². The van der Waals surface area contributed by atoms with Gasteiger partial charge in [-0.15, -0.1) is 0 Å². The fourth-order valence-corrected chi connectivity index (χ4v) is 6.91. The first-order valence-electron chi connectivity index (χ1n) is 12.8. The van der Waals surface area contributed by atoms with Crippen LogP contribution in [0.3, 0.4) is 0 Å². The van der Waals surface area contributed by atoms with Gasteiger partial charge < -0.3 is 10.1 Å². The maximum absolute atomic E-state index is 12.8. The number of ether oxygens (including phenoxy) is 1. The number of nitrogens with zero attached hydrogens (tertiary/aromatic N) is 2. The summed E-state index contributed by atoms with van der Waals surface area (Å²) in [7, 11) is -7.67. The van der Waals surface area contributed by atoms with Crippen molar-refractivity contribution in [3.8, 4) is 5.75 Å². The van der Waals surface area contributed by atoms with Crippen molar-refractivity contribution in [3.63, 3.8) is 0 Å². The Kier molecular flexibility index (Phi) is 6.95. The summed E-state index contributed by atoms with van der Waals surface area (Å²) in [4.78, 5) is 16.9. The number of carbonyl (C=O) groups excluding carboxylic acids is 1. The van der Waals surface area contributed by atoms with Gasteiger partial charge in [0, 0.05) is 37.1 Å². The van der Waals surface area contributed by atoms with E-state index in [2.05, 4.69) is 10.2 Å². The molecule has 38 heavy (non-hydrogen) atoms. The predicted octanol–water partition coefficient (Wildman–Crippen LogP) is 3.18. The number of carbonyl (C=O) groups is 1. The van der Waals surface area contributed by atoms with Crippen molar-refractivity contribution in [3.05, 3.63) is 47.5 Å². The lowest BCUT2D eigenvalue weighted by Crippen LogP contribution is -2.52. The maximum atomic E-state index is 12.8. The van der Waals surface area contributed by atoms with Gasteiger partial charge in [-0.05, 0) is 80.5 Å². The summed E-state index contributed by atoms with van der Waals surface area (Å²) in [6.45, 7) is 4.90. The molecule has 3 fully saturated rings. The third kappa shape index (κ3) is 5.54. The summed E-state index contributed by atoms with van der Waals surface area (Å²) in [5, 5.41) is 3.14. The molecule has 0 aromatic heterocycles. The Bertz CT molecular complexity index is 1440. The minimum Gasteiger partial charge on any atom is -0.494 e. The fourth-order valence-electron chi connectivity index (χ4n) is 5.45. The normalized spacial score (nSPS) is 20.1. The van der Waals surface area contributed by atoms with E-state index < -0.39 is 25.5 Å². The first-order chi connectivity index (χ1) is 17.9. The number of amides is 2. The van der Waals surface area contributed by atoms with Crippen LogP contribution in [0.4, 0.5) is 10.5 Å². The maximum Gasteiger partial charge on any atom is 0.322 e. The highest BCUT2D eigenvalue weighted by Crippen LogP contribution is 2.45. The zero-order chi connectivity index (χ0) is 27.3. The van der Waals surface area contributed by atoms with Crippen molar-refractivity contribution in [1.29, 1.82) is 0 Å². The molecule has 5 rings (SSSR count). The Morgan fingerprint density at radius 3 is 2.29 bits per heavy atom. The number of hydrogen-bond donors (Lipinski definition) is 2. The monoisotopic (exact) mass is 563 g/mol. The third-order valence-corrected chi connectivity index (χ3v) is 9.66. The smallest absolute Gasteiger partial charge is 0.322 e. The van der Waals surface area contributed by atoms with E-state index in [1.54, 1.807) is 11.0 Å². The van der Waals surface area contributed by atoms with Crippen LogP contribution in [0.5, 0.6) is 5.75 Å². The van der Waals surface area contributed by atoms with E-state index in [0.29, 0.717) is 36.0 Å². The summed E-state index contributed by atoms with van der Waals surface area (Å²) in [5.41, 5.74) is 2.04. The minimum atomic E-state index is -4.30. The molecule has 206 valence electrons. The molecule has 3 aliphatic rings. The summed E-state index contributed by atoms with van der Waals surface area (Å²) in [5.74, 6) is 0.885. The molecular formula is C26H33N3O7S2. The topological polar surface area (TPSA) is 133 Å². The van der Waals surface area contributed by atoms with Gasteiger partial charge in [0.1, 0.15) is 5.75 Å². The Morgan fingerprint density at radius 2 is 1.74 bits per heavy atom. The minimum absolute atomic E-state index is 0.218. The average Bonchev–Trinajstić information content (AvgIpc) is 3.64. The van der Waals surface area contributed by atoms with Gasteiger partial charge in [0.25, 0.3) is 10.1 Å². The molecule has 12 heteroatoms. The zero-order valence-electron chi connectivity index (χ0n) is 21.5. The van der Waals surface area contributed by atoms with Crippen molar-refractivity contribution in [2.45, 2.75) is 60.4 Å². The quantitative estimate of drug-likeness (QED) is 0.468. The molecule has 0 bridgehead atoms. The average molecular weight is 564 g/mol. The lowest BCUT2D eigenvalue weighted by atomic mass is 9.88. The number of piperidine rings is 1. The Morgan fingerprint density at radius 1 is 1.08 bits per heavy atom. The van der Waals surface area contributed by atoms with Gasteiger partial charge in [-0.25, -0.2) is 13.2 Å². The molecule has 2 saturated heterocycles. The van der Waals surface area contributed by atoms with Crippen LogP contribution in [-0.4, -0.2) is 70.4 Å². The first-order valence-corrected chi connectivity index (χ1v) is 16.1. The van der Waals surface area contributed by atoms with Gasteiger partial charge in [-0.2, -0.15) is 8.42 Å². The van der Waals surface area contributed by atoms with Gasteiger partial charge in [0.2, 0.25) is 0 Å². The highest BCUT2D eigenvalue weighted by atomic mass is 32.2. The van der Waals surface area contributed by atoms with Crippen molar-refractivity contribution >= 4 is 31.7 Å². The van der Waals surface area contributed by atoms with Crippen molar-refractivity contribution < 1.29 is 30.9 Å². The zero-order valence-corrected chi connectivity index (χ0v) is 23.1. The van der Waals surface area contributed by atoms with Crippen LogP contribution in [0, 0.1) is 0 Å². The fraction of sp³-hybridized carbons (Fsp3) is 0.500. The van der Waals surface area contributed by atoms with Crippen LogP contribution in [0.1, 0.15) is 49.7 Å². The number of rotatable bonds is 8. The molecule has 1 saturated carbocycles.